The first-order chi connectivity index (χ1) is 9.15. The van der Waals surface area contributed by atoms with Crippen molar-refractivity contribution in [1.82, 2.24) is 14.5 Å². The van der Waals surface area contributed by atoms with E-state index in [2.05, 4.69) is 41.2 Å². The Morgan fingerprint density at radius 2 is 2.00 bits per heavy atom. The lowest BCUT2D eigenvalue weighted by molar-refractivity contribution is 0.314. The molecule has 0 aliphatic carbocycles. The quantitative estimate of drug-likeness (QED) is 0.865. The van der Waals surface area contributed by atoms with Gasteiger partial charge < -0.3 is 15.2 Å². The molecule has 2 rings (SSSR count). The summed E-state index contributed by atoms with van der Waals surface area (Å²) in [6.45, 7) is 4.92. The van der Waals surface area contributed by atoms with Crippen LogP contribution in [0, 0.1) is 6.92 Å². The van der Waals surface area contributed by atoms with Gasteiger partial charge in [-0.2, -0.15) is 0 Å². The molecule has 4 nitrogen and oxygen atoms in total. The Hall–Kier alpha value is -1.81. The number of benzene rings is 1. The molecule has 0 fully saturated rings. The molecule has 0 amide bonds. The van der Waals surface area contributed by atoms with Crippen LogP contribution >= 0.6 is 0 Å². The molecule has 1 aromatic heterocycles. The molecular formula is C15H22N4. The van der Waals surface area contributed by atoms with Crippen LogP contribution in [0.1, 0.15) is 17.7 Å². The van der Waals surface area contributed by atoms with E-state index < -0.39 is 0 Å². The van der Waals surface area contributed by atoms with Crippen molar-refractivity contribution in [3.8, 4) is 0 Å². The van der Waals surface area contributed by atoms with Crippen molar-refractivity contribution in [2.75, 3.05) is 19.3 Å². The number of aromatic nitrogens is 2. The van der Waals surface area contributed by atoms with Gasteiger partial charge in [-0.3, -0.25) is 0 Å². The van der Waals surface area contributed by atoms with E-state index in [0.717, 1.165) is 31.7 Å². The lowest BCUT2D eigenvalue weighted by atomic mass is 10.2. The Kier molecular flexibility index (Phi) is 4.58. The Morgan fingerprint density at radius 3 is 2.63 bits per heavy atom. The first-order valence-electron chi connectivity index (χ1n) is 6.67. The number of rotatable bonds is 6. The molecule has 0 unspecified atom stereocenters. The average Bonchev–Trinajstić information content (AvgIpc) is 2.69. The molecule has 0 saturated heterocycles. The summed E-state index contributed by atoms with van der Waals surface area (Å²) in [6, 6.07) is 10.5. The fourth-order valence-corrected chi connectivity index (χ4v) is 2.23. The van der Waals surface area contributed by atoms with Crippen LogP contribution < -0.4 is 5.73 Å². The highest BCUT2D eigenvalue weighted by molar-refractivity contribution is 5.21. The zero-order chi connectivity index (χ0) is 13.7. The second-order valence-corrected chi connectivity index (χ2v) is 5.01. The third kappa shape index (κ3) is 4.10. The molecule has 0 atom stereocenters. The lowest BCUT2D eigenvalue weighted by Crippen LogP contribution is -2.20. The first-order valence-corrected chi connectivity index (χ1v) is 6.67. The summed E-state index contributed by atoms with van der Waals surface area (Å²) in [6.07, 6.45) is 3.08. The third-order valence-corrected chi connectivity index (χ3v) is 3.16. The highest BCUT2D eigenvalue weighted by Gasteiger charge is 2.03. The topological polar surface area (TPSA) is 47.1 Å². The van der Waals surface area contributed by atoms with Gasteiger partial charge >= 0.3 is 0 Å². The van der Waals surface area contributed by atoms with Crippen molar-refractivity contribution in [2.24, 2.45) is 0 Å². The van der Waals surface area contributed by atoms with Crippen LogP contribution in [-0.2, 0) is 13.1 Å². The maximum absolute atomic E-state index is 5.82. The Bertz CT molecular complexity index is 504. The molecule has 2 N–H and O–H groups in total. The number of hydrogen-bond acceptors (Lipinski definition) is 3. The minimum Gasteiger partial charge on any atom is -0.369 e. The molecule has 0 saturated carbocycles. The largest absolute Gasteiger partial charge is 0.369 e. The van der Waals surface area contributed by atoms with Crippen LogP contribution in [0.3, 0.4) is 0 Å². The van der Waals surface area contributed by atoms with Crippen molar-refractivity contribution in [2.45, 2.75) is 26.4 Å². The SMILES string of the molecule is Cc1cn(CCCN(C)Cc2ccccc2)c(N)n1. The number of nitrogens with zero attached hydrogens (tertiary/aromatic N) is 3. The standard InChI is InChI=1S/C15H22N4/c1-13-11-19(15(16)17-13)10-6-9-18(2)12-14-7-4-3-5-8-14/h3-5,7-8,11H,6,9-10,12H2,1-2H3,(H2,16,17). The Balaban J connectivity index is 1.75. The number of nitrogen functional groups attached to an aromatic ring is 1. The van der Waals surface area contributed by atoms with Gasteiger partial charge in [-0.25, -0.2) is 4.98 Å². The van der Waals surface area contributed by atoms with E-state index in [1.54, 1.807) is 0 Å². The second-order valence-electron chi connectivity index (χ2n) is 5.01. The summed E-state index contributed by atoms with van der Waals surface area (Å²) in [4.78, 5) is 6.53. The van der Waals surface area contributed by atoms with Gasteiger partial charge in [0.2, 0.25) is 0 Å². The molecule has 2 aromatic rings. The van der Waals surface area contributed by atoms with Crippen molar-refractivity contribution in [3.63, 3.8) is 0 Å². The summed E-state index contributed by atoms with van der Waals surface area (Å²) < 4.78 is 2.02. The zero-order valence-corrected chi connectivity index (χ0v) is 11.7. The average molecular weight is 258 g/mol. The molecular weight excluding hydrogens is 236 g/mol. The monoisotopic (exact) mass is 258 g/mol. The van der Waals surface area contributed by atoms with Crippen LogP contribution in [-0.4, -0.2) is 28.0 Å². The molecule has 1 heterocycles. The molecule has 0 aliphatic rings. The number of hydrogen-bond donors (Lipinski definition) is 1. The molecule has 0 radical (unpaired) electrons. The maximum Gasteiger partial charge on any atom is 0.200 e. The van der Waals surface area contributed by atoms with Gasteiger partial charge in [0.05, 0.1) is 5.69 Å². The van der Waals surface area contributed by atoms with Gasteiger partial charge in [-0.15, -0.1) is 0 Å². The lowest BCUT2D eigenvalue weighted by Gasteiger charge is -2.16. The summed E-state index contributed by atoms with van der Waals surface area (Å²) in [5.41, 5.74) is 8.15. The fraction of sp³-hybridized carbons (Fsp3) is 0.400. The zero-order valence-electron chi connectivity index (χ0n) is 11.7. The van der Waals surface area contributed by atoms with Crippen LogP contribution in [0.5, 0.6) is 0 Å². The molecule has 0 bridgehead atoms. The molecule has 4 heteroatoms. The summed E-state index contributed by atoms with van der Waals surface area (Å²) >= 11 is 0. The van der Waals surface area contributed by atoms with Crippen LogP contribution in [0.4, 0.5) is 5.95 Å². The first kappa shape index (κ1) is 13.6. The molecule has 102 valence electrons. The normalized spacial score (nSPS) is 11.1. The molecule has 0 spiro atoms. The predicted octanol–water partition coefficient (Wildman–Crippen LogP) is 2.30. The number of aryl methyl sites for hydroxylation is 2. The van der Waals surface area contributed by atoms with Gasteiger partial charge in [0.1, 0.15) is 0 Å². The van der Waals surface area contributed by atoms with Gasteiger partial charge in [-0.05, 0) is 32.5 Å². The molecule has 19 heavy (non-hydrogen) atoms. The number of imidazole rings is 1. The van der Waals surface area contributed by atoms with Crippen molar-refractivity contribution in [3.05, 3.63) is 47.8 Å². The maximum atomic E-state index is 5.82. The summed E-state index contributed by atoms with van der Waals surface area (Å²) in [7, 11) is 2.15. The van der Waals surface area contributed by atoms with E-state index in [1.165, 1.54) is 5.56 Å². The fourth-order valence-electron chi connectivity index (χ4n) is 2.23. The molecule has 0 aliphatic heterocycles. The van der Waals surface area contributed by atoms with E-state index in [0.29, 0.717) is 5.95 Å². The predicted molar refractivity (Wildman–Crippen MR) is 78.8 cm³/mol. The summed E-state index contributed by atoms with van der Waals surface area (Å²) in [5.74, 6) is 0.614. The van der Waals surface area contributed by atoms with Gasteiger partial charge in [0.15, 0.2) is 5.95 Å². The van der Waals surface area contributed by atoms with E-state index in [1.807, 2.05) is 23.8 Å². The van der Waals surface area contributed by atoms with Crippen LogP contribution in [0.2, 0.25) is 0 Å². The van der Waals surface area contributed by atoms with Gasteiger partial charge in [0, 0.05) is 19.3 Å². The smallest absolute Gasteiger partial charge is 0.200 e. The Labute approximate surface area is 114 Å². The highest BCUT2D eigenvalue weighted by Crippen LogP contribution is 2.07. The van der Waals surface area contributed by atoms with E-state index >= 15 is 0 Å². The van der Waals surface area contributed by atoms with Crippen molar-refractivity contribution in [1.29, 1.82) is 0 Å². The minimum absolute atomic E-state index is 0.614. The summed E-state index contributed by atoms with van der Waals surface area (Å²) in [5, 5.41) is 0. The third-order valence-electron chi connectivity index (χ3n) is 3.16. The second kappa shape index (κ2) is 6.38. The number of anilines is 1. The number of nitrogens with two attached hydrogens (primary N) is 1. The van der Waals surface area contributed by atoms with E-state index in [-0.39, 0.29) is 0 Å². The Morgan fingerprint density at radius 1 is 1.26 bits per heavy atom. The van der Waals surface area contributed by atoms with Gasteiger partial charge in [-0.1, -0.05) is 30.3 Å². The minimum atomic E-state index is 0.614. The van der Waals surface area contributed by atoms with Crippen molar-refractivity contribution >= 4 is 5.95 Å². The highest BCUT2D eigenvalue weighted by atomic mass is 15.1. The van der Waals surface area contributed by atoms with E-state index in [4.69, 9.17) is 5.73 Å². The van der Waals surface area contributed by atoms with Crippen molar-refractivity contribution < 1.29 is 0 Å². The van der Waals surface area contributed by atoms with Crippen LogP contribution in [0.15, 0.2) is 36.5 Å². The molecule has 1 aromatic carbocycles. The van der Waals surface area contributed by atoms with E-state index in [9.17, 15) is 0 Å². The van der Waals surface area contributed by atoms with Gasteiger partial charge in [0.25, 0.3) is 0 Å². The van der Waals surface area contributed by atoms with Crippen LogP contribution in [0.25, 0.3) is 0 Å².